The van der Waals surface area contributed by atoms with Crippen LogP contribution in [0.1, 0.15) is 37.3 Å². The summed E-state index contributed by atoms with van der Waals surface area (Å²) in [6, 6.07) is 2.45. The maximum Gasteiger partial charge on any atom is 0.224 e. The minimum Gasteiger partial charge on any atom is -0.356 e. The monoisotopic (exact) mass is 341 g/mol. The van der Waals surface area contributed by atoms with Crippen LogP contribution in [0.4, 0.5) is 11.8 Å². The van der Waals surface area contributed by atoms with Crippen molar-refractivity contribution in [2.75, 3.05) is 36.4 Å². The van der Waals surface area contributed by atoms with Crippen molar-refractivity contribution in [2.24, 2.45) is 7.05 Å². The summed E-state index contributed by atoms with van der Waals surface area (Å²) in [6.45, 7) is 4.14. The number of nitrogens with zero attached hydrogens (tertiary/aromatic N) is 5. The van der Waals surface area contributed by atoms with Crippen LogP contribution < -0.4 is 15.5 Å². The van der Waals surface area contributed by atoms with E-state index in [4.69, 9.17) is 4.98 Å². The summed E-state index contributed by atoms with van der Waals surface area (Å²) >= 11 is 0. The van der Waals surface area contributed by atoms with Crippen molar-refractivity contribution in [3.05, 3.63) is 30.5 Å². The molecule has 2 atom stereocenters. The quantitative estimate of drug-likeness (QED) is 0.883. The molecule has 0 radical (unpaired) electrons. The van der Waals surface area contributed by atoms with E-state index in [1.807, 2.05) is 24.8 Å². The minimum atomic E-state index is 0.424. The van der Waals surface area contributed by atoms with Gasteiger partial charge in [-0.25, -0.2) is 9.97 Å². The first-order valence-corrected chi connectivity index (χ1v) is 9.31. The summed E-state index contributed by atoms with van der Waals surface area (Å²) in [4.78, 5) is 15.9. The Kier molecular flexibility index (Phi) is 4.83. The second-order valence-electron chi connectivity index (χ2n) is 7.14. The molecule has 2 aliphatic heterocycles. The molecule has 0 bridgehead atoms. The van der Waals surface area contributed by atoms with Crippen LogP contribution in [0.2, 0.25) is 0 Å². The van der Waals surface area contributed by atoms with Gasteiger partial charge in [0.15, 0.2) is 0 Å². The fourth-order valence-electron chi connectivity index (χ4n) is 3.94. The highest BCUT2D eigenvalue weighted by molar-refractivity contribution is 5.44. The number of aryl methyl sites for hydroxylation is 1. The van der Waals surface area contributed by atoms with Gasteiger partial charge in [0.1, 0.15) is 5.82 Å². The van der Waals surface area contributed by atoms with E-state index >= 15 is 0 Å². The van der Waals surface area contributed by atoms with Crippen LogP contribution in [-0.2, 0) is 7.05 Å². The molecule has 2 aromatic rings. The lowest BCUT2D eigenvalue weighted by molar-refractivity contribution is 0.477. The van der Waals surface area contributed by atoms with E-state index in [1.54, 1.807) is 0 Å². The molecular weight excluding hydrogens is 314 g/mol. The normalized spacial score (nSPS) is 24.3. The molecule has 7 heteroatoms. The van der Waals surface area contributed by atoms with Gasteiger partial charge < -0.3 is 20.1 Å². The molecule has 2 aliphatic rings. The highest BCUT2D eigenvalue weighted by Gasteiger charge is 2.24. The summed E-state index contributed by atoms with van der Waals surface area (Å²) in [5.41, 5.74) is 1.31. The molecule has 2 saturated heterocycles. The van der Waals surface area contributed by atoms with Gasteiger partial charge in [0.25, 0.3) is 0 Å². The number of hydrogen-bond donors (Lipinski definition) is 2. The lowest BCUT2D eigenvalue weighted by Crippen LogP contribution is -2.39. The van der Waals surface area contributed by atoms with Crippen molar-refractivity contribution in [3.63, 3.8) is 0 Å². The lowest BCUT2D eigenvalue weighted by Gasteiger charge is -2.34. The van der Waals surface area contributed by atoms with E-state index in [0.717, 1.165) is 37.9 Å². The van der Waals surface area contributed by atoms with Gasteiger partial charge in [-0.2, -0.15) is 4.98 Å². The number of imidazole rings is 1. The molecule has 2 N–H and O–H groups in total. The van der Waals surface area contributed by atoms with Gasteiger partial charge in [-0.15, -0.1) is 0 Å². The Morgan fingerprint density at radius 2 is 2.24 bits per heavy atom. The van der Waals surface area contributed by atoms with Crippen LogP contribution in [0.15, 0.2) is 24.8 Å². The molecule has 25 heavy (non-hydrogen) atoms. The second kappa shape index (κ2) is 7.39. The summed E-state index contributed by atoms with van der Waals surface area (Å²) in [5.74, 6) is 2.28. The molecule has 0 spiro atoms. The molecule has 134 valence electrons. The maximum atomic E-state index is 4.78. The summed E-state index contributed by atoms with van der Waals surface area (Å²) in [5, 5.41) is 6.91. The fourth-order valence-corrected chi connectivity index (χ4v) is 3.94. The van der Waals surface area contributed by atoms with Crippen molar-refractivity contribution in [1.29, 1.82) is 0 Å². The molecular formula is C18H27N7. The number of aromatic nitrogens is 4. The van der Waals surface area contributed by atoms with Crippen molar-refractivity contribution in [3.8, 4) is 0 Å². The molecule has 7 nitrogen and oxygen atoms in total. The third-order valence-electron chi connectivity index (χ3n) is 5.29. The molecule has 2 aromatic heterocycles. The molecule has 4 heterocycles. The average Bonchev–Trinajstić information content (AvgIpc) is 3.09. The first-order chi connectivity index (χ1) is 12.3. The molecule has 0 amide bonds. The predicted octanol–water partition coefficient (Wildman–Crippen LogP) is 1.76. The van der Waals surface area contributed by atoms with Crippen LogP contribution in [0.25, 0.3) is 0 Å². The number of nitrogens with one attached hydrogen (secondary N) is 2. The van der Waals surface area contributed by atoms with Crippen molar-refractivity contribution < 1.29 is 0 Å². The zero-order chi connectivity index (χ0) is 17.1. The standard InChI is InChI=1S/C18H27N7/c1-24-13-20-11-16(24)14-4-3-9-25(12-14)17-6-8-21-18(23-17)22-15-5-2-7-19-10-15/h6,8,11,13-15,19H,2-5,7,9-10,12H2,1H3,(H,21,22,23). The zero-order valence-corrected chi connectivity index (χ0v) is 14.9. The molecule has 0 saturated carbocycles. The van der Waals surface area contributed by atoms with Gasteiger partial charge in [-0.3, -0.25) is 0 Å². The van der Waals surface area contributed by atoms with Crippen LogP contribution >= 0.6 is 0 Å². The fraction of sp³-hybridized carbons (Fsp3) is 0.611. The Morgan fingerprint density at radius 3 is 3.04 bits per heavy atom. The Bertz CT molecular complexity index is 692. The molecule has 0 aliphatic carbocycles. The van der Waals surface area contributed by atoms with E-state index in [-0.39, 0.29) is 0 Å². The first-order valence-electron chi connectivity index (χ1n) is 9.31. The largest absolute Gasteiger partial charge is 0.356 e. The van der Waals surface area contributed by atoms with E-state index < -0.39 is 0 Å². The van der Waals surface area contributed by atoms with E-state index in [0.29, 0.717) is 12.0 Å². The van der Waals surface area contributed by atoms with Crippen LogP contribution in [0.5, 0.6) is 0 Å². The Hall–Kier alpha value is -2.15. The van der Waals surface area contributed by atoms with E-state index in [2.05, 4.69) is 37.1 Å². The molecule has 0 aromatic carbocycles. The number of hydrogen-bond acceptors (Lipinski definition) is 6. The molecule has 2 unspecified atom stereocenters. The van der Waals surface area contributed by atoms with Gasteiger partial charge in [0.2, 0.25) is 5.95 Å². The Morgan fingerprint density at radius 1 is 1.28 bits per heavy atom. The van der Waals surface area contributed by atoms with Gasteiger partial charge in [-0.05, 0) is 38.3 Å². The van der Waals surface area contributed by atoms with Gasteiger partial charge in [0.05, 0.1) is 6.33 Å². The van der Waals surface area contributed by atoms with Crippen molar-refractivity contribution in [2.45, 2.75) is 37.6 Å². The lowest BCUT2D eigenvalue weighted by atomic mass is 9.95. The molecule has 2 fully saturated rings. The van der Waals surface area contributed by atoms with Gasteiger partial charge in [0, 0.05) is 56.7 Å². The SMILES string of the molecule is Cn1cncc1C1CCCN(c2ccnc(NC3CCCNC3)n2)C1. The predicted molar refractivity (Wildman–Crippen MR) is 98.9 cm³/mol. The van der Waals surface area contributed by atoms with E-state index in [9.17, 15) is 0 Å². The Labute approximate surface area is 148 Å². The summed E-state index contributed by atoms with van der Waals surface area (Å²) in [7, 11) is 2.08. The highest BCUT2D eigenvalue weighted by atomic mass is 15.2. The zero-order valence-electron chi connectivity index (χ0n) is 14.9. The maximum absolute atomic E-state index is 4.78. The Balaban J connectivity index is 1.45. The molecule has 4 rings (SSSR count). The average molecular weight is 341 g/mol. The second-order valence-corrected chi connectivity index (χ2v) is 7.14. The minimum absolute atomic E-state index is 0.424. The third-order valence-corrected chi connectivity index (χ3v) is 5.29. The van der Waals surface area contributed by atoms with Gasteiger partial charge >= 0.3 is 0 Å². The highest BCUT2D eigenvalue weighted by Crippen LogP contribution is 2.29. The number of piperidine rings is 2. The topological polar surface area (TPSA) is 70.9 Å². The third kappa shape index (κ3) is 3.76. The number of rotatable bonds is 4. The first kappa shape index (κ1) is 16.3. The number of anilines is 2. The summed E-state index contributed by atoms with van der Waals surface area (Å²) < 4.78 is 2.14. The van der Waals surface area contributed by atoms with Crippen molar-refractivity contribution >= 4 is 11.8 Å². The smallest absolute Gasteiger partial charge is 0.224 e. The van der Waals surface area contributed by atoms with Crippen LogP contribution in [0.3, 0.4) is 0 Å². The van der Waals surface area contributed by atoms with E-state index in [1.165, 1.54) is 31.4 Å². The summed E-state index contributed by atoms with van der Waals surface area (Å²) in [6.07, 6.45) is 10.5. The van der Waals surface area contributed by atoms with Crippen LogP contribution in [0, 0.1) is 0 Å². The van der Waals surface area contributed by atoms with Crippen LogP contribution in [-0.4, -0.2) is 51.7 Å². The van der Waals surface area contributed by atoms with Gasteiger partial charge in [-0.1, -0.05) is 0 Å². The van der Waals surface area contributed by atoms with Crippen molar-refractivity contribution in [1.82, 2.24) is 24.8 Å².